The summed E-state index contributed by atoms with van der Waals surface area (Å²) in [5.41, 5.74) is 5.95. The van der Waals surface area contributed by atoms with E-state index in [2.05, 4.69) is 15.9 Å². The Kier molecular flexibility index (Phi) is 2.12. The second-order valence-electron chi connectivity index (χ2n) is 3.27. The molecule has 1 aromatic carbocycles. The minimum Gasteiger partial charge on any atom is -0.327 e. The Morgan fingerprint density at radius 3 is 2.46 bits per heavy atom. The lowest BCUT2D eigenvalue weighted by Crippen LogP contribution is -2.03. The highest BCUT2D eigenvalue weighted by molar-refractivity contribution is 9.10. The molecule has 0 saturated heterocycles. The van der Waals surface area contributed by atoms with E-state index in [-0.39, 0.29) is 16.4 Å². The highest BCUT2D eigenvalue weighted by Gasteiger charge is 2.37. The molecule has 1 saturated carbocycles. The predicted molar refractivity (Wildman–Crippen MR) is 49.4 cm³/mol. The number of halogens is 3. The maximum atomic E-state index is 13.3. The zero-order chi connectivity index (χ0) is 9.59. The van der Waals surface area contributed by atoms with Crippen LogP contribution >= 0.6 is 15.9 Å². The van der Waals surface area contributed by atoms with Gasteiger partial charge in [-0.15, -0.1) is 0 Å². The fourth-order valence-corrected chi connectivity index (χ4v) is 1.71. The molecule has 0 aromatic heterocycles. The van der Waals surface area contributed by atoms with Crippen LogP contribution in [0.3, 0.4) is 0 Å². The Morgan fingerprint density at radius 1 is 1.31 bits per heavy atom. The van der Waals surface area contributed by atoms with Gasteiger partial charge in [0, 0.05) is 12.0 Å². The zero-order valence-electron chi connectivity index (χ0n) is 6.73. The number of nitrogens with two attached hydrogens (primary N) is 1. The van der Waals surface area contributed by atoms with Crippen LogP contribution in [0.5, 0.6) is 0 Å². The predicted octanol–water partition coefficient (Wildman–Crippen LogP) is 2.54. The summed E-state index contributed by atoms with van der Waals surface area (Å²) >= 11 is 2.92. The monoisotopic (exact) mass is 247 g/mol. The molecule has 1 fully saturated rings. The Hall–Kier alpha value is -0.480. The second-order valence-corrected chi connectivity index (χ2v) is 4.12. The van der Waals surface area contributed by atoms with E-state index in [1.165, 1.54) is 6.07 Å². The third kappa shape index (κ3) is 1.48. The van der Waals surface area contributed by atoms with E-state index < -0.39 is 11.6 Å². The van der Waals surface area contributed by atoms with E-state index in [4.69, 9.17) is 5.73 Å². The molecule has 1 nitrogen and oxygen atoms in total. The van der Waals surface area contributed by atoms with E-state index in [9.17, 15) is 8.78 Å². The van der Waals surface area contributed by atoms with Crippen LogP contribution in [0.25, 0.3) is 0 Å². The van der Waals surface area contributed by atoms with Gasteiger partial charge < -0.3 is 5.73 Å². The van der Waals surface area contributed by atoms with Gasteiger partial charge in [0.1, 0.15) is 0 Å². The van der Waals surface area contributed by atoms with Crippen LogP contribution in [0.2, 0.25) is 0 Å². The van der Waals surface area contributed by atoms with Gasteiger partial charge in [0.2, 0.25) is 0 Å². The first-order chi connectivity index (χ1) is 6.11. The topological polar surface area (TPSA) is 26.0 Å². The van der Waals surface area contributed by atoms with Crippen molar-refractivity contribution in [3.63, 3.8) is 0 Å². The van der Waals surface area contributed by atoms with Crippen molar-refractivity contribution in [2.45, 2.75) is 18.4 Å². The lowest BCUT2D eigenvalue weighted by atomic mass is 10.1. The molecule has 0 radical (unpaired) electrons. The maximum absolute atomic E-state index is 13.3. The van der Waals surface area contributed by atoms with Crippen molar-refractivity contribution in [2.75, 3.05) is 0 Å². The molecule has 0 bridgehead atoms. The first kappa shape index (κ1) is 9.09. The normalized spacial score (nSPS) is 26.2. The minimum absolute atomic E-state index is 0.00241. The van der Waals surface area contributed by atoms with Crippen LogP contribution in [-0.2, 0) is 0 Å². The van der Waals surface area contributed by atoms with Crippen LogP contribution in [0.1, 0.15) is 17.9 Å². The summed E-state index contributed by atoms with van der Waals surface area (Å²) in [6.45, 7) is 0. The third-order valence-electron chi connectivity index (χ3n) is 2.30. The standard InChI is InChI=1S/C9H8BrF2N/c10-6-2-1-4(5-3-7(5)13)8(11)9(6)12/h1-2,5,7H,3,13H2/t5-,7+/m1/s1. The summed E-state index contributed by atoms with van der Waals surface area (Å²) in [6.07, 6.45) is 0.748. The zero-order valence-corrected chi connectivity index (χ0v) is 8.31. The third-order valence-corrected chi connectivity index (χ3v) is 2.92. The minimum atomic E-state index is -0.823. The van der Waals surface area contributed by atoms with E-state index in [1.807, 2.05) is 0 Å². The fraction of sp³-hybridized carbons (Fsp3) is 0.333. The van der Waals surface area contributed by atoms with E-state index >= 15 is 0 Å². The average molecular weight is 248 g/mol. The lowest BCUT2D eigenvalue weighted by Gasteiger charge is -2.03. The summed E-state index contributed by atoms with van der Waals surface area (Å²) < 4.78 is 26.5. The number of benzene rings is 1. The fourth-order valence-electron chi connectivity index (χ4n) is 1.40. The SMILES string of the molecule is N[C@H]1C[C@@H]1c1ccc(Br)c(F)c1F. The molecule has 0 spiro atoms. The lowest BCUT2D eigenvalue weighted by molar-refractivity contribution is 0.494. The number of hydrogen-bond acceptors (Lipinski definition) is 1. The van der Waals surface area contributed by atoms with E-state index in [0.29, 0.717) is 5.56 Å². The first-order valence-corrected chi connectivity index (χ1v) is 4.79. The van der Waals surface area contributed by atoms with Crippen molar-refractivity contribution < 1.29 is 8.78 Å². The quantitative estimate of drug-likeness (QED) is 0.759. The Labute approximate surface area is 83.1 Å². The van der Waals surface area contributed by atoms with Gasteiger partial charge in [0.05, 0.1) is 4.47 Å². The molecule has 70 valence electrons. The van der Waals surface area contributed by atoms with Crippen molar-refractivity contribution in [3.8, 4) is 0 Å². The highest BCUT2D eigenvalue weighted by Crippen LogP contribution is 2.41. The Morgan fingerprint density at radius 2 is 1.92 bits per heavy atom. The van der Waals surface area contributed by atoms with Crippen LogP contribution < -0.4 is 5.73 Å². The van der Waals surface area contributed by atoms with Crippen molar-refractivity contribution in [1.82, 2.24) is 0 Å². The number of rotatable bonds is 1. The van der Waals surface area contributed by atoms with Gasteiger partial charge in [-0.05, 0) is 34.0 Å². The summed E-state index contributed by atoms with van der Waals surface area (Å²) in [7, 11) is 0. The second kappa shape index (κ2) is 3.03. The average Bonchev–Trinajstić information content (AvgIpc) is 2.79. The smallest absolute Gasteiger partial charge is 0.173 e. The molecular formula is C9H8BrF2N. The summed E-state index contributed by atoms with van der Waals surface area (Å²) in [6, 6.07) is 3.09. The van der Waals surface area contributed by atoms with Crippen LogP contribution in [0.4, 0.5) is 8.78 Å². The van der Waals surface area contributed by atoms with Gasteiger partial charge in [-0.2, -0.15) is 0 Å². The molecule has 0 amide bonds. The molecule has 1 aliphatic rings. The maximum Gasteiger partial charge on any atom is 0.173 e. The molecule has 13 heavy (non-hydrogen) atoms. The highest BCUT2D eigenvalue weighted by atomic mass is 79.9. The molecule has 4 heteroatoms. The molecule has 2 rings (SSSR count). The van der Waals surface area contributed by atoms with E-state index in [0.717, 1.165) is 6.42 Å². The van der Waals surface area contributed by atoms with Crippen molar-refractivity contribution >= 4 is 15.9 Å². The van der Waals surface area contributed by atoms with Crippen LogP contribution in [0, 0.1) is 11.6 Å². The largest absolute Gasteiger partial charge is 0.327 e. The van der Waals surface area contributed by atoms with Crippen LogP contribution in [0.15, 0.2) is 16.6 Å². The molecular weight excluding hydrogens is 240 g/mol. The van der Waals surface area contributed by atoms with Gasteiger partial charge in [-0.3, -0.25) is 0 Å². The summed E-state index contributed by atoms with van der Waals surface area (Å²) in [4.78, 5) is 0. The summed E-state index contributed by atoms with van der Waals surface area (Å²) in [5, 5.41) is 0. The Balaban J connectivity index is 2.43. The van der Waals surface area contributed by atoms with Crippen LogP contribution in [-0.4, -0.2) is 6.04 Å². The molecule has 2 atom stereocenters. The van der Waals surface area contributed by atoms with Gasteiger partial charge in [-0.25, -0.2) is 8.78 Å². The van der Waals surface area contributed by atoms with Crippen molar-refractivity contribution in [3.05, 3.63) is 33.8 Å². The first-order valence-electron chi connectivity index (χ1n) is 4.00. The Bertz CT molecular complexity index is 354. The molecule has 1 aliphatic carbocycles. The molecule has 0 aliphatic heterocycles. The summed E-state index contributed by atoms with van der Waals surface area (Å²) in [5.74, 6) is -1.59. The van der Waals surface area contributed by atoms with Gasteiger partial charge in [-0.1, -0.05) is 6.07 Å². The molecule has 2 N–H and O–H groups in total. The molecule has 1 aromatic rings. The molecule has 0 unspecified atom stereocenters. The van der Waals surface area contributed by atoms with Gasteiger partial charge in [0.25, 0.3) is 0 Å². The van der Waals surface area contributed by atoms with E-state index in [1.54, 1.807) is 6.07 Å². The number of hydrogen-bond donors (Lipinski definition) is 1. The molecule has 0 heterocycles. The van der Waals surface area contributed by atoms with Crippen molar-refractivity contribution in [2.24, 2.45) is 5.73 Å². The van der Waals surface area contributed by atoms with Crippen molar-refractivity contribution in [1.29, 1.82) is 0 Å². The van der Waals surface area contributed by atoms with Gasteiger partial charge >= 0.3 is 0 Å². The van der Waals surface area contributed by atoms with Gasteiger partial charge in [0.15, 0.2) is 11.6 Å².